The molecule has 4 heteroatoms. The van der Waals surface area contributed by atoms with Gasteiger partial charge < -0.3 is 0 Å². The Balaban J connectivity index is 1.76. The molecular formula is C23H16N4. The highest BCUT2D eigenvalue weighted by Gasteiger charge is 2.11. The van der Waals surface area contributed by atoms with Crippen molar-refractivity contribution in [2.45, 2.75) is 0 Å². The van der Waals surface area contributed by atoms with Crippen LogP contribution in [0, 0.1) is 0 Å². The Kier molecular flexibility index (Phi) is 3.72. The first-order valence-corrected chi connectivity index (χ1v) is 8.82. The average Bonchev–Trinajstić information content (AvgIpc) is 3.19. The fourth-order valence-electron chi connectivity index (χ4n) is 3.21. The fourth-order valence-corrected chi connectivity index (χ4v) is 3.21. The highest BCUT2D eigenvalue weighted by molar-refractivity contribution is 5.77. The van der Waals surface area contributed by atoms with Gasteiger partial charge in [-0.1, -0.05) is 78.0 Å². The highest BCUT2D eigenvalue weighted by Crippen LogP contribution is 2.27. The van der Waals surface area contributed by atoms with Crippen LogP contribution in [0.25, 0.3) is 39.2 Å². The van der Waals surface area contributed by atoms with Crippen molar-refractivity contribution >= 4 is 11.0 Å². The maximum Gasteiger partial charge on any atom is 0.113 e. The van der Waals surface area contributed by atoms with Gasteiger partial charge in [0.15, 0.2) is 0 Å². The van der Waals surface area contributed by atoms with Gasteiger partial charge in [-0.05, 0) is 24.3 Å². The van der Waals surface area contributed by atoms with Gasteiger partial charge in [0.05, 0.1) is 22.6 Å². The summed E-state index contributed by atoms with van der Waals surface area (Å²) in [5.74, 6) is 0. The molecule has 0 aliphatic rings. The van der Waals surface area contributed by atoms with Crippen molar-refractivity contribution in [3.05, 3.63) is 97.1 Å². The third-order valence-corrected chi connectivity index (χ3v) is 4.55. The molecule has 0 unspecified atom stereocenters. The average molecular weight is 348 g/mol. The number of fused-ring (bicyclic) bond motifs is 1. The fraction of sp³-hybridized carbons (Fsp3) is 0. The number of aromatic nitrogens is 4. The van der Waals surface area contributed by atoms with Crippen LogP contribution in [0.2, 0.25) is 0 Å². The van der Waals surface area contributed by atoms with Gasteiger partial charge in [0.2, 0.25) is 0 Å². The molecule has 0 fully saturated rings. The van der Waals surface area contributed by atoms with E-state index in [9.17, 15) is 0 Å². The van der Waals surface area contributed by atoms with E-state index in [1.807, 2.05) is 65.3 Å². The summed E-state index contributed by atoms with van der Waals surface area (Å²) >= 11 is 0. The number of hydrogen-bond donors (Lipinski definition) is 0. The van der Waals surface area contributed by atoms with E-state index in [-0.39, 0.29) is 0 Å². The molecule has 0 saturated heterocycles. The minimum Gasteiger partial charge on any atom is -0.248 e. The van der Waals surface area contributed by atoms with E-state index in [1.165, 1.54) is 0 Å². The second kappa shape index (κ2) is 6.50. The van der Waals surface area contributed by atoms with Crippen LogP contribution in [0.1, 0.15) is 0 Å². The molecule has 5 rings (SSSR count). The van der Waals surface area contributed by atoms with Crippen LogP contribution in [-0.4, -0.2) is 20.0 Å². The summed E-state index contributed by atoms with van der Waals surface area (Å²) in [6.45, 7) is 0. The number of nitrogens with zero attached hydrogens (tertiary/aromatic N) is 4. The van der Waals surface area contributed by atoms with Crippen LogP contribution in [0.15, 0.2) is 97.1 Å². The molecule has 0 atom stereocenters. The van der Waals surface area contributed by atoms with E-state index < -0.39 is 0 Å². The number of hydrogen-bond acceptors (Lipinski definition) is 3. The zero-order chi connectivity index (χ0) is 18.1. The van der Waals surface area contributed by atoms with E-state index in [4.69, 9.17) is 4.98 Å². The zero-order valence-corrected chi connectivity index (χ0v) is 14.5. The SMILES string of the molecule is c1ccc(-c2cc(-n3nnc4ccccc43)cc(-c3ccccc3)n2)cc1. The summed E-state index contributed by atoms with van der Waals surface area (Å²) in [4.78, 5) is 4.90. The Hall–Kier alpha value is -3.79. The Morgan fingerprint density at radius 2 is 1.15 bits per heavy atom. The molecule has 3 aromatic carbocycles. The second-order valence-corrected chi connectivity index (χ2v) is 6.32. The van der Waals surface area contributed by atoms with Crippen molar-refractivity contribution < 1.29 is 0 Å². The molecule has 2 aromatic heterocycles. The summed E-state index contributed by atoms with van der Waals surface area (Å²) in [5.41, 5.74) is 6.75. The van der Waals surface area contributed by atoms with Crippen molar-refractivity contribution in [1.82, 2.24) is 20.0 Å². The molecule has 0 aliphatic heterocycles. The number of rotatable bonds is 3. The lowest BCUT2D eigenvalue weighted by Crippen LogP contribution is -2.00. The molecule has 0 aliphatic carbocycles. The Bertz CT molecular complexity index is 1150. The summed E-state index contributed by atoms with van der Waals surface area (Å²) in [6.07, 6.45) is 0. The monoisotopic (exact) mass is 348 g/mol. The molecule has 0 amide bonds. The van der Waals surface area contributed by atoms with Gasteiger partial charge >= 0.3 is 0 Å². The van der Waals surface area contributed by atoms with Crippen LogP contribution >= 0.6 is 0 Å². The van der Waals surface area contributed by atoms with E-state index in [0.717, 1.165) is 39.2 Å². The second-order valence-electron chi connectivity index (χ2n) is 6.32. The standard InChI is InChI=1S/C23H16N4/c1-3-9-17(10-4-1)21-15-19(16-22(24-21)18-11-5-2-6-12-18)27-23-14-8-7-13-20(23)25-26-27/h1-16H. The third-order valence-electron chi connectivity index (χ3n) is 4.55. The van der Waals surface area contributed by atoms with E-state index in [0.29, 0.717) is 0 Å². The minimum atomic E-state index is 0.872. The van der Waals surface area contributed by atoms with Gasteiger partial charge in [-0.2, -0.15) is 0 Å². The summed E-state index contributed by atoms with van der Waals surface area (Å²) < 4.78 is 1.87. The summed E-state index contributed by atoms with van der Waals surface area (Å²) in [6, 6.07) is 32.5. The van der Waals surface area contributed by atoms with Gasteiger partial charge in [0.25, 0.3) is 0 Å². The van der Waals surface area contributed by atoms with Crippen molar-refractivity contribution in [2.75, 3.05) is 0 Å². The Morgan fingerprint density at radius 3 is 1.78 bits per heavy atom. The molecule has 0 bridgehead atoms. The molecule has 4 nitrogen and oxygen atoms in total. The lowest BCUT2D eigenvalue weighted by Gasteiger charge is -2.10. The van der Waals surface area contributed by atoms with Crippen molar-refractivity contribution in [2.24, 2.45) is 0 Å². The Morgan fingerprint density at radius 1 is 0.593 bits per heavy atom. The molecule has 0 N–H and O–H groups in total. The maximum atomic E-state index is 4.90. The Labute approximate surface area is 156 Å². The minimum absolute atomic E-state index is 0.872. The molecule has 2 heterocycles. The molecular weight excluding hydrogens is 332 g/mol. The van der Waals surface area contributed by atoms with Gasteiger partial charge in [0, 0.05) is 11.1 Å². The predicted octanol–water partition coefficient (Wildman–Crippen LogP) is 5.15. The number of benzene rings is 3. The number of pyridine rings is 1. The van der Waals surface area contributed by atoms with E-state index in [2.05, 4.69) is 46.7 Å². The lowest BCUT2D eigenvalue weighted by molar-refractivity contribution is 0.823. The molecule has 5 aromatic rings. The largest absolute Gasteiger partial charge is 0.248 e. The van der Waals surface area contributed by atoms with Crippen molar-refractivity contribution in [3.63, 3.8) is 0 Å². The molecule has 0 radical (unpaired) electrons. The first-order valence-electron chi connectivity index (χ1n) is 8.82. The predicted molar refractivity (Wildman–Crippen MR) is 108 cm³/mol. The molecule has 0 spiro atoms. The van der Waals surface area contributed by atoms with Crippen LogP contribution in [0.5, 0.6) is 0 Å². The lowest BCUT2D eigenvalue weighted by atomic mass is 10.1. The first kappa shape index (κ1) is 15.5. The normalized spacial score (nSPS) is 11.0. The van der Waals surface area contributed by atoms with Crippen molar-refractivity contribution in [3.8, 4) is 28.2 Å². The van der Waals surface area contributed by atoms with Crippen molar-refractivity contribution in [1.29, 1.82) is 0 Å². The van der Waals surface area contributed by atoms with Gasteiger partial charge in [0.1, 0.15) is 5.52 Å². The van der Waals surface area contributed by atoms with Crippen LogP contribution in [0.3, 0.4) is 0 Å². The highest BCUT2D eigenvalue weighted by atomic mass is 15.4. The van der Waals surface area contributed by atoms with Gasteiger partial charge in [-0.25, -0.2) is 9.67 Å². The molecule has 0 saturated carbocycles. The smallest absolute Gasteiger partial charge is 0.113 e. The molecule has 27 heavy (non-hydrogen) atoms. The number of para-hydroxylation sites is 1. The maximum absolute atomic E-state index is 4.90. The van der Waals surface area contributed by atoms with Crippen LogP contribution in [-0.2, 0) is 0 Å². The summed E-state index contributed by atoms with van der Waals surface area (Å²) in [5, 5.41) is 8.67. The third kappa shape index (κ3) is 2.87. The van der Waals surface area contributed by atoms with Crippen LogP contribution < -0.4 is 0 Å². The van der Waals surface area contributed by atoms with Crippen LogP contribution in [0.4, 0.5) is 0 Å². The first-order chi connectivity index (χ1) is 13.4. The summed E-state index contributed by atoms with van der Waals surface area (Å²) in [7, 11) is 0. The van der Waals surface area contributed by atoms with Gasteiger partial charge in [-0.3, -0.25) is 0 Å². The zero-order valence-electron chi connectivity index (χ0n) is 14.5. The van der Waals surface area contributed by atoms with E-state index in [1.54, 1.807) is 0 Å². The topological polar surface area (TPSA) is 43.6 Å². The van der Waals surface area contributed by atoms with E-state index >= 15 is 0 Å². The van der Waals surface area contributed by atoms with Gasteiger partial charge in [-0.15, -0.1) is 5.10 Å². The quantitative estimate of drug-likeness (QED) is 0.453. The molecule has 128 valence electrons.